The Labute approximate surface area is 218 Å². The second kappa shape index (κ2) is 10.5. The quantitative estimate of drug-likeness (QED) is 0.308. The van der Waals surface area contributed by atoms with E-state index in [2.05, 4.69) is 54.4 Å². The number of para-hydroxylation sites is 1. The van der Waals surface area contributed by atoms with Gasteiger partial charge in [0.15, 0.2) is 0 Å². The predicted octanol–water partition coefficient (Wildman–Crippen LogP) is 5.41. The minimum Gasteiger partial charge on any atom is -0.494 e. The molecule has 2 aromatic heterocycles. The van der Waals surface area contributed by atoms with Gasteiger partial charge in [0.05, 0.1) is 24.2 Å². The first-order valence-electron chi connectivity index (χ1n) is 12.5. The van der Waals surface area contributed by atoms with Crippen LogP contribution in [0.5, 0.6) is 5.75 Å². The zero-order chi connectivity index (χ0) is 26.1. The summed E-state index contributed by atoms with van der Waals surface area (Å²) in [5.74, 6) is 0.804. The van der Waals surface area contributed by atoms with E-state index in [1.54, 1.807) is 0 Å². The van der Waals surface area contributed by atoms with Crippen molar-refractivity contribution < 1.29 is 15.3 Å². The first-order chi connectivity index (χ1) is 17.1. The lowest BCUT2D eigenvalue weighted by Gasteiger charge is -2.11. The van der Waals surface area contributed by atoms with Gasteiger partial charge in [0, 0.05) is 46.5 Å². The standard InChI is InChI=1S/C29H35ClN4O2/c1-17-15-22(16-18(2)28(17)30)36-14-8-11-23-20(4)34(13-12-26(31)35)29-24(23)9-7-10-25(29)27-19(3)32-33(6)21(27)5/h7,9-10,15-16H,8,11-14H2,1-6H3,(H2,31,35)/p+1. The highest BCUT2D eigenvalue weighted by Crippen LogP contribution is 2.37. The molecule has 36 heavy (non-hydrogen) atoms. The van der Waals surface area contributed by atoms with Crippen LogP contribution in [0.25, 0.3) is 22.0 Å². The number of aryl methyl sites for hydroxylation is 6. The van der Waals surface area contributed by atoms with Crippen LogP contribution >= 0.6 is 11.6 Å². The van der Waals surface area contributed by atoms with Crippen LogP contribution in [0.1, 0.15) is 46.6 Å². The van der Waals surface area contributed by atoms with E-state index in [4.69, 9.17) is 16.3 Å². The topological polar surface area (TPSA) is 76.7 Å². The molecule has 7 heteroatoms. The fourth-order valence-corrected chi connectivity index (χ4v) is 5.34. The summed E-state index contributed by atoms with van der Waals surface area (Å²) in [5, 5.41) is 6.67. The Kier molecular flexibility index (Phi) is 7.57. The van der Waals surface area contributed by atoms with Crippen molar-refractivity contribution in [2.75, 3.05) is 6.61 Å². The number of aromatic nitrogens is 3. The van der Waals surface area contributed by atoms with Gasteiger partial charge in [-0.05, 0) is 76.3 Å². The highest BCUT2D eigenvalue weighted by atomic mass is 35.5. The Morgan fingerprint density at radius 1 is 1.08 bits per heavy atom. The number of benzene rings is 2. The minimum absolute atomic E-state index is 0.0500. The van der Waals surface area contributed by atoms with Crippen LogP contribution in [0.4, 0.5) is 0 Å². The van der Waals surface area contributed by atoms with Crippen LogP contribution in [-0.2, 0) is 24.8 Å². The van der Waals surface area contributed by atoms with Gasteiger partial charge in [-0.3, -0.25) is 10.4 Å². The molecule has 4 aromatic rings. The van der Waals surface area contributed by atoms with Gasteiger partial charge in [0.25, 0.3) is 0 Å². The number of hydrogen-bond acceptors (Lipinski definition) is 3. The van der Waals surface area contributed by atoms with E-state index in [-0.39, 0.29) is 5.91 Å². The number of carbonyl (C=O) groups is 1. The molecule has 4 rings (SSSR count). The Bertz CT molecular complexity index is 1420. The number of halogens is 1. The van der Waals surface area contributed by atoms with Gasteiger partial charge in [-0.15, -0.1) is 0 Å². The van der Waals surface area contributed by atoms with Crippen molar-refractivity contribution >= 4 is 28.4 Å². The lowest BCUT2D eigenvalue weighted by atomic mass is 9.98. The Morgan fingerprint density at radius 3 is 2.39 bits per heavy atom. The predicted molar refractivity (Wildman–Crippen MR) is 146 cm³/mol. The maximum Gasteiger partial charge on any atom is 0.310 e. The highest BCUT2D eigenvalue weighted by Gasteiger charge is 2.21. The molecule has 0 radical (unpaired) electrons. The van der Waals surface area contributed by atoms with Gasteiger partial charge in [-0.1, -0.05) is 29.8 Å². The molecule has 0 saturated heterocycles. The van der Waals surface area contributed by atoms with Crippen LogP contribution in [-0.4, -0.2) is 26.9 Å². The van der Waals surface area contributed by atoms with E-state index in [1.807, 2.05) is 37.7 Å². The molecule has 0 atom stereocenters. The number of ether oxygens (including phenoxy) is 1. The molecule has 3 N–H and O–H groups in total. The number of amides is 1. The van der Waals surface area contributed by atoms with E-state index in [9.17, 15) is 4.79 Å². The average Bonchev–Trinajstić information content (AvgIpc) is 3.24. The van der Waals surface area contributed by atoms with Gasteiger partial charge in [-0.2, -0.15) is 5.10 Å². The third kappa shape index (κ3) is 4.93. The van der Waals surface area contributed by atoms with Gasteiger partial charge >= 0.3 is 5.91 Å². The van der Waals surface area contributed by atoms with Crippen molar-refractivity contribution in [2.24, 2.45) is 7.05 Å². The van der Waals surface area contributed by atoms with Crippen LogP contribution in [0.3, 0.4) is 0 Å². The molecule has 0 fully saturated rings. The summed E-state index contributed by atoms with van der Waals surface area (Å²) in [6, 6.07) is 10.5. The van der Waals surface area contributed by atoms with Crippen molar-refractivity contribution in [3.05, 3.63) is 69.1 Å². The molecule has 190 valence electrons. The maximum atomic E-state index is 11.8. The molecule has 0 unspecified atom stereocenters. The lowest BCUT2D eigenvalue weighted by molar-refractivity contribution is -0.305. The number of hydrogen-bond donors (Lipinski definition) is 1. The zero-order valence-electron chi connectivity index (χ0n) is 22.2. The lowest BCUT2D eigenvalue weighted by Crippen LogP contribution is -2.57. The van der Waals surface area contributed by atoms with Crippen molar-refractivity contribution in [3.63, 3.8) is 0 Å². The molecule has 6 nitrogen and oxygen atoms in total. The van der Waals surface area contributed by atoms with Gasteiger partial charge in [-0.25, -0.2) is 4.79 Å². The average molecular weight is 508 g/mol. The fourth-order valence-electron chi connectivity index (χ4n) is 5.23. The van der Waals surface area contributed by atoms with E-state index in [1.165, 1.54) is 16.6 Å². The van der Waals surface area contributed by atoms with Crippen molar-refractivity contribution in [1.82, 2.24) is 14.3 Å². The minimum atomic E-state index is -0.0500. The number of fused-ring (bicyclic) bond motifs is 1. The smallest absolute Gasteiger partial charge is 0.310 e. The first-order valence-corrected chi connectivity index (χ1v) is 12.8. The van der Waals surface area contributed by atoms with Gasteiger partial charge < -0.3 is 9.30 Å². The normalized spacial score (nSPS) is 11.4. The van der Waals surface area contributed by atoms with Crippen molar-refractivity contribution in [2.45, 2.75) is 60.4 Å². The molecule has 2 heterocycles. The molecule has 0 aliphatic carbocycles. The summed E-state index contributed by atoms with van der Waals surface area (Å²) in [6.45, 7) is 11.5. The number of carbonyl (C=O) groups excluding carboxylic acids is 1. The largest absolute Gasteiger partial charge is 0.494 e. The molecular formula is C29H36ClN4O2+. The second-order valence-electron chi connectivity index (χ2n) is 9.70. The fraction of sp³-hybridized carbons (Fsp3) is 0.379. The third-order valence-corrected chi connectivity index (χ3v) is 7.71. The molecule has 1 amide bonds. The van der Waals surface area contributed by atoms with Crippen molar-refractivity contribution in [1.29, 1.82) is 0 Å². The first kappa shape index (κ1) is 26.0. The summed E-state index contributed by atoms with van der Waals surface area (Å²) < 4.78 is 10.3. The molecular weight excluding hydrogens is 472 g/mol. The third-order valence-electron chi connectivity index (χ3n) is 7.12. The monoisotopic (exact) mass is 507 g/mol. The zero-order valence-corrected chi connectivity index (χ0v) is 22.9. The van der Waals surface area contributed by atoms with E-state index in [0.29, 0.717) is 19.6 Å². The SMILES string of the molecule is Cc1cc(OCCCc2c(C)n(CCC([NH3+])=O)c3c(-c4c(C)nn(C)c4C)cccc23)cc(C)c1Cl. The highest BCUT2D eigenvalue weighted by molar-refractivity contribution is 6.32. The summed E-state index contributed by atoms with van der Waals surface area (Å²) in [6.07, 6.45) is 2.17. The number of nitrogens with zero attached hydrogens (tertiary/aromatic N) is 3. The Morgan fingerprint density at radius 2 is 1.78 bits per heavy atom. The van der Waals surface area contributed by atoms with Crippen LogP contribution in [0, 0.1) is 34.6 Å². The Hall–Kier alpha value is -3.09. The Balaban J connectivity index is 1.68. The summed E-state index contributed by atoms with van der Waals surface area (Å²) >= 11 is 6.30. The molecule has 0 saturated carbocycles. The second-order valence-corrected chi connectivity index (χ2v) is 10.1. The van der Waals surface area contributed by atoms with Crippen LogP contribution in [0.2, 0.25) is 5.02 Å². The van der Waals surface area contributed by atoms with Crippen LogP contribution < -0.4 is 10.5 Å². The maximum absolute atomic E-state index is 11.8. The van der Waals surface area contributed by atoms with Gasteiger partial charge in [0.1, 0.15) is 5.75 Å². The van der Waals surface area contributed by atoms with Crippen LogP contribution in [0.15, 0.2) is 30.3 Å². The molecule has 2 aromatic carbocycles. The summed E-state index contributed by atoms with van der Waals surface area (Å²) in [7, 11) is 1.98. The molecule has 0 aliphatic rings. The van der Waals surface area contributed by atoms with E-state index in [0.717, 1.165) is 62.8 Å². The number of quaternary nitrogens is 1. The number of rotatable bonds is 9. The molecule has 0 aliphatic heterocycles. The molecule has 0 spiro atoms. The van der Waals surface area contributed by atoms with E-state index >= 15 is 0 Å². The van der Waals surface area contributed by atoms with Crippen molar-refractivity contribution in [3.8, 4) is 16.9 Å². The van der Waals surface area contributed by atoms with Gasteiger partial charge in [0.2, 0.25) is 0 Å². The van der Waals surface area contributed by atoms with E-state index < -0.39 is 0 Å². The molecule has 0 bridgehead atoms. The summed E-state index contributed by atoms with van der Waals surface area (Å²) in [4.78, 5) is 11.8. The summed E-state index contributed by atoms with van der Waals surface area (Å²) in [5.41, 5.74) is 13.8.